The molecule has 1 saturated heterocycles. The SMILES string of the molecule is CCOc1ccc(C2C(=C(O)c3ccc(F)cc3)C(=O)C(=O)N2CCCn2ccnc2)cc1OCC. The van der Waals surface area contributed by atoms with Gasteiger partial charge in [-0.2, -0.15) is 0 Å². The number of aromatic nitrogens is 2. The third-order valence-corrected chi connectivity index (χ3v) is 5.92. The number of hydrogen-bond acceptors (Lipinski definition) is 6. The molecule has 1 unspecified atom stereocenters. The Hall–Kier alpha value is -4.14. The van der Waals surface area contributed by atoms with Crippen molar-refractivity contribution < 1.29 is 28.6 Å². The summed E-state index contributed by atoms with van der Waals surface area (Å²) in [6.07, 6.45) is 5.73. The van der Waals surface area contributed by atoms with Crippen molar-refractivity contribution in [2.24, 2.45) is 0 Å². The molecule has 0 aliphatic carbocycles. The standard InChI is InChI=1S/C27H28FN3O5/c1-3-35-21-11-8-19(16-22(21)36-4-2)24-23(25(32)18-6-9-20(28)10-7-18)26(33)27(34)31(24)14-5-13-30-15-12-29-17-30/h6-12,15-17,24,32H,3-5,13-14H2,1-2H3. The van der Waals surface area contributed by atoms with Crippen molar-refractivity contribution in [2.45, 2.75) is 32.9 Å². The van der Waals surface area contributed by atoms with Gasteiger partial charge >= 0.3 is 0 Å². The van der Waals surface area contributed by atoms with Crippen LogP contribution in [0.15, 0.2) is 66.8 Å². The summed E-state index contributed by atoms with van der Waals surface area (Å²) in [5.41, 5.74) is 0.780. The number of Topliss-reactive ketones (excluding diaryl/α,β-unsaturated/α-hetero) is 1. The Kier molecular flexibility index (Phi) is 7.68. The predicted molar refractivity (Wildman–Crippen MR) is 131 cm³/mol. The molecule has 0 radical (unpaired) electrons. The maximum Gasteiger partial charge on any atom is 0.295 e. The molecule has 188 valence electrons. The van der Waals surface area contributed by atoms with Gasteiger partial charge in [0.1, 0.15) is 11.6 Å². The number of imidazole rings is 1. The van der Waals surface area contributed by atoms with E-state index in [1.165, 1.54) is 29.2 Å². The number of likely N-dealkylation sites (tertiary alicyclic amines) is 1. The number of carbonyl (C=O) groups excluding carboxylic acids is 2. The average molecular weight is 494 g/mol. The first kappa shape index (κ1) is 25.0. The fraction of sp³-hybridized carbons (Fsp3) is 0.296. The minimum Gasteiger partial charge on any atom is -0.507 e. The van der Waals surface area contributed by atoms with Crippen molar-refractivity contribution in [3.63, 3.8) is 0 Å². The number of rotatable bonds is 10. The molecule has 3 aromatic rings. The summed E-state index contributed by atoms with van der Waals surface area (Å²) in [5, 5.41) is 11.1. The monoisotopic (exact) mass is 493 g/mol. The predicted octanol–water partition coefficient (Wildman–Crippen LogP) is 4.33. The van der Waals surface area contributed by atoms with Gasteiger partial charge in [0.25, 0.3) is 11.7 Å². The van der Waals surface area contributed by atoms with Crippen molar-refractivity contribution in [2.75, 3.05) is 19.8 Å². The number of carbonyl (C=O) groups is 2. The highest BCUT2D eigenvalue weighted by atomic mass is 19.1. The molecule has 4 rings (SSSR count). The molecule has 9 heteroatoms. The van der Waals surface area contributed by atoms with Crippen LogP contribution < -0.4 is 9.47 Å². The molecule has 2 heterocycles. The van der Waals surface area contributed by atoms with Gasteiger partial charge in [-0.25, -0.2) is 9.37 Å². The Morgan fingerprint density at radius 3 is 2.42 bits per heavy atom. The fourth-order valence-electron chi connectivity index (χ4n) is 4.30. The lowest BCUT2D eigenvalue weighted by molar-refractivity contribution is -0.139. The van der Waals surface area contributed by atoms with Crippen molar-refractivity contribution >= 4 is 17.4 Å². The van der Waals surface area contributed by atoms with E-state index >= 15 is 0 Å². The molecule has 8 nitrogen and oxygen atoms in total. The maximum absolute atomic E-state index is 13.5. The van der Waals surface area contributed by atoms with Crippen molar-refractivity contribution in [1.29, 1.82) is 0 Å². The number of aliphatic hydroxyl groups excluding tert-OH is 1. The molecule has 1 N–H and O–H groups in total. The zero-order chi connectivity index (χ0) is 25.7. The van der Waals surface area contributed by atoms with Crippen LogP contribution >= 0.6 is 0 Å². The molecule has 1 atom stereocenters. The highest BCUT2D eigenvalue weighted by Crippen LogP contribution is 2.42. The van der Waals surface area contributed by atoms with Crippen LogP contribution in [0.4, 0.5) is 4.39 Å². The summed E-state index contributed by atoms with van der Waals surface area (Å²) in [5.74, 6) is -1.32. The minimum absolute atomic E-state index is 0.0548. The van der Waals surface area contributed by atoms with E-state index in [0.29, 0.717) is 43.2 Å². The van der Waals surface area contributed by atoms with Gasteiger partial charge in [0.2, 0.25) is 0 Å². The number of ketones is 1. The summed E-state index contributed by atoms with van der Waals surface area (Å²) in [4.78, 5) is 31.8. The molecule has 36 heavy (non-hydrogen) atoms. The Labute approximate surface area is 208 Å². The van der Waals surface area contributed by atoms with Crippen molar-refractivity contribution in [3.8, 4) is 11.5 Å². The van der Waals surface area contributed by atoms with Crippen LogP contribution in [0.5, 0.6) is 11.5 Å². The summed E-state index contributed by atoms with van der Waals surface area (Å²) in [6, 6.07) is 9.48. The third-order valence-electron chi connectivity index (χ3n) is 5.92. The number of ether oxygens (including phenoxy) is 2. The molecule has 0 bridgehead atoms. The normalized spacial score (nSPS) is 17.0. The maximum atomic E-state index is 13.5. The highest BCUT2D eigenvalue weighted by Gasteiger charge is 2.46. The molecular weight excluding hydrogens is 465 g/mol. The Balaban J connectivity index is 1.77. The van der Waals surface area contributed by atoms with Crippen LogP contribution in [0.25, 0.3) is 5.76 Å². The summed E-state index contributed by atoms with van der Waals surface area (Å²) < 4.78 is 26.8. The first-order chi connectivity index (χ1) is 17.4. The van der Waals surface area contributed by atoms with Gasteiger partial charge in [-0.3, -0.25) is 9.59 Å². The van der Waals surface area contributed by atoms with Gasteiger partial charge in [-0.15, -0.1) is 0 Å². The lowest BCUT2D eigenvalue weighted by Crippen LogP contribution is -2.31. The second-order valence-electron chi connectivity index (χ2n) is 8.23. The number of aryl methyl sites for hydroxylation is 1. The van der Waals surface area contributed by atoms with E-state index in [1.54, 1.807) is 30.7 Å². The van der Waals surface area contributed by atoms with Crippen LogP contribution in [0.2, 0.25) is 0 Å². The number of amides is 1. The number of halogens is 1. The third kappa shape index (κ3) is 5.10. The zero-order valence-corrected chi connectivity index (χ0v) is 20.2. The molecule has 1 aliphatic heterocycles. The zero-order valence-electron chi connectivity index (χ0n) is 20.2. The number of hydrogen-bond donors (Lipinski definition) is 1. The van der Waals surface area contributed by atoms with Gasteiger partial charge in [0, 0.05) is 31.0 Å². The Morgan fingerprint density at radius 1 is 1.03 bits per heavy atom. The number of aliphatic hydroxyl groups is 1. The molecule has 1 aliphatic rings. The van der Waals surface area contributed by atoms with Gasteiger partial charge < -0.3 is 24.0 Å². The van der Waals surface area contributed by atoms with E-state index in [-0.39, 0.29) is 23.4 Å². The molecule has 2 aromatic carbocycles. The van der Waals surface area contributed by atoms with E-state index in [2.05, 4.69) is 4.98 Å². The van der Waals surface area contributed by atoms with Crippen molar-refractivity contribution in [3.05, 3.63) is 83.7 Å². The summed E-state index contributed by atoms with van der Waals surface area (Å²) >= 11 is 0. The van der Waals surface area contributed by atoms with Gasteiger partial charge in [0.15, 0.2) is 11.5 Å². The van der Waals surface area contributed by atoms with E-state index in [1.807, 2.05) is 24.6 Å². The van der Waals surface area contributed by atoms with E-state index in [0.717, 1.165) is 0 Å². The summed E-state index contributed by atoms with van der Waals surface area (Å²) in [6.45, 7) is 5.41. The van der Waals surface area contributed by atoms with E-state index in [4.69, 9.17) is 9.47 Å². The smallest absolute Gasteiger partial charge is 0.295 e. The lowest BCUT2D eigenvalue weighted by atomic mass is 9.95. The Morgan fingerprint density at radius 2 is 1.75 bits per heavy atom. The quantitative estimate of drug-likeness (QED) is 0.257. The second-order valence-corrected chi connectivity index (χ2v) is 8.23. The van der Waals surface area contributed by atoms with E-state index in [9.17, 15) is 19.1 Å². The first-order valence-electron chi connectivity index (χ1n) is 11.8. The van der Waals surface area contributed by atoms with Gasteiger partial charge in [-0.1, -0.05) is 6.07 Å². The van der Waals surface area contributed by atoms with Crippen LogP contribution in [0.3, 0.4) is 0 Å². The van der Waals surface area contributed by atoms with Crippen LogP contribution in [-0.2, 0) is 16.1 Å². The van der Waals surface area contributed by atoms with Gasteiger partial charge in [-0.05, 0) is 62.2 Å². The molecule has 0 spiro atoms. The fourth-order valence-corrected chi connectivity index (χ4v) is 4.30. The minimum atomic E-state index is -0.854. The van der Waals surface area contributed by atoms with Crippen molar-refractivity contribution in [1.82, 2.24) is 14.5 Å². The molecule has 0 saturated carbocycles. The molecule has 1 amide bonds. The highest BCUT2D eigenvalue weighted by molar-refractivity contribution is 6.46. The average Bonchev–Trinajstić information content (AvgIpc) is 3.48. The molecular formula is C27H28FN3O5. The van der Waals surface area contributed by atoms with Crippen LogP contribution in [0, 0.1) is 5.82 Å². The van der Waals surface area contributed by atoms with E-state index < -0.39 is 23.5 Å². The summed E-state index contributed by atoms with van der Waals surface area (Å²) in [7, 11) is 0. The number of nitrogens with zero attached hydrogens (tertiary/aromatic N) is 3. The second kappa shape index (κ2) is 11.1. The molecule has 1 aromatic heterocycles. The van der Waals surface area contributed by atoms with Crippen LogP contribution in [0.1, 0.15) is 37.4 Å². The largest absolute Gasteiger partial charge is 0.507 e. The topological polar surface area (TPSA) is 93.9 Å². The van der Waals surface area contributed by atoms with Crippen LogP contribution in [-0.4, -0.2) is 51.0 Å². The first-order valence-corrected chi connectivity index (χ1v) is 11.8. The lowest BCUT2D eigenvalue weighted by Gasteiger charge is -2.26. The number of benzene rings is 2. The molecule has 1 fully saturated rings. The Bertz CT molecular complexity index is 1250. The van der Waals surface area contributed by atoms with Gasteiger partial charge in [0.05, 0.1) is 31.2 Å².